The molecule has 1 aromatic heterocycles. The molecule has 0 bridgehead atoms. The maximum atomic E-state index is 13.3. The minimum absolute atomic E-state index is 0.0688. The number of amides is 1. The molecule has 192 valence electrons. The molecule has 1 N–H and O–H groups in total. The van der Waals surface area contributed by atoms with Crippen molar-refractivity contribution in [1.82, 2.24) is 9.62 Å². The Morgan fingerprint density at radius 1 is 1.05 bits per heavy atom. The van der Waals surface area contributed by atoms with E-state index in [2.05, 4.69) is 4.72 Å². The number of sulfonamides is 1. The monoisotopic (exact) mass is 540 g/mol. The minimum atomic E-state index is -3.78. The number of benzene rings is 2. The molecular formula is C27H25ClN2O6S. The Morgan fingerprint density at radius 2 is 1.73 bits per heavy atom. The number of hydrogen-bond acceptors (Lipinski definition) is 6. The number of halogens is 1. The number of methoxy groups -OCH3 is 1. The molecule has 37 heavy (non-hydrogen) atoms. The van der Waals surface area contributed by atoms with Gasteiger partial charge in [-0.2, -0.15) is 0 Å². The summed E-state index contributed by atoms with van der Waals surface area (Å²) in [6, 6.07) is 16.7. The summed E-state index contributed by atoms with van der Waals surface area (Å²) < 4.78 is 38.2. The van der Waals surface area contributed by atoms with Gasteiger partial charge in [0.1, 0.15) is 11.5 Å². The first-order valence-corrected chi connectivity index (χ1v) is 13.2. The molecule has 3 aromatic rings. The van der Waals surface area contributed by atoms with Crippen molar-refractivity contribution in [3.63, 3.8) is 0 Å². The van der Waals surface area contributed by atoms with E-state index in [1.807, 2.05) is 31.2 Å². The fourth-order valence-electron chi connectivity index (χ4n) is 3.87. The van der Waals surface area contributed by atoms with Crippen LogP contribution in [-0.4, -0.2) is 32.3 Å². The highest BCUT2D eigenvalue weighted by Gasteiger charge is 2.37. The second-order valence-electron chi connectivity index (χ2n) is 8.47. The standard InChI is InChI=1S/C27H25ClN2O6S/c1-17-4-6-19(7-5-17)16-30-18(2)25(27(32)35-3)24(26(30)31)14-21-10-11-22(36-21)15-29-37(33,34)23-12-8-20(28)9-13-23/h4-14,29H,15-16H2,1-3H3/b24-14+. The zero-order chi connectivity index (χ0) is 26.7. The lowest BCUT2D eigenvalue weighted by Gasteiger charge is -2.18. The summed E-state index contributed by atoms with van der Waals surface area (Å²) in [4.78, 5) is 27.5. The Labute approximate surface area is 220 Å². The number of hydrogen-bond donors (Lipinski definition) is 1. The zero-order valence-electron chi connectivity index (χ0n) is 20.4. The Hall–Kier alpha value is -3.66. The first kappa shape index (κ1) is 26.4. The van der Waals surface area contributed by atoms with Crippen LogP contribution in [-0.2, 0) is 37.4 Å². The third-order valence-corrected chi connectivity index (χ3v) is 7.56. The van der Waals surface area contributed by atoms with E-state index in [-0.39, 0.29) is 34.3 Å². The molecule has 0 atom stereocenters. The maximum Gasteiger partial charge on any atom is 0.340 e. The van der Waals surface area contributed by atoms with E-state index >= 15 is 0 Å². The van der Waals surface area contributed by atoms with Crippen molar-refractivity contribution in [3.05, 3.63) is 105 Å². The van der Waals surface area contributed by atoms with Gasteiger partial charge in [-0.1, -0.05) is 41.4 Å². The predicted octanol–water partition coefficient (Wildman–Crippen LogP) is 4.59. The fourth-order valence-corrected chi connectivity index (χ4v) is 4.99. The van der Waals surface area contributed by atoms with E-state index in [0.717, 1.165) is 11.1 Å². The van der Waals surface area contributed by atoms with Crippen LogP contribution < -0.4 is 4.72 Å². The van der Waals surface area contributed by atoms with Crippen molar-refractivity contribution in [2.24, 2.45) is 0 Å². The average molecular weight is 541 g/mol. The molecule has 0 unspecified atom stereocenters. The number of nitrogens with one attached hydrogen (secondary N) is 1. The molecule has 0 fully saturated rings. The predicted molar refractivity (Wildman–Crippen MR) is 139 cm³/mol. The lowest BCUT2D eigenvalue weighted by Crippen LogP contribution is -2.24. The minimum Gasteiger partial charge on any atom is -0.465 e. The second kappa shape index (κ2) is 10.8. The van der Waals surface area contributed by atoms with E-state index in [0.29, 0.717) is 23.0 Å². The van der Waals surface area contributed by atoms with Crippen LogP contribution in [0.1, 0.15) is 29.6 Å². The van der Waals surface area contributed by atoms with Crippen molar-refractivity contribution < 1.29 is 27.2 Å². The molecule has 4 rings (SSSR count). The Kier molecular flexibility index (Phi) is 7.68. The van der Waals surface area contributed by atoms with Crippen LogP contribution in [0.4, 0.5) is 0 Å². The van der Waals surface area contributed by atoms with Crippen LogP contribution >= 0.6 is 11.6 Å². The number of ether oxygens (including phenoxy) is 1. The maximum absolute atomic E-state index is 13.3. The van der Waals surface area contributed by atoms with Gasteiger partial charge in [0.15, 0.2) is 0 Å². The van der Waals surface area contributed by atoms with Crippen LogP contribution in [0.15, 0.2) is 86.8 Å². The number of nitrogens with zero attached hydrogens (tertiary/aromatic N) is 1. The quantitative estimate of drug-likeness (QED) is 0.331. The fraction of sp³-hybridized carbons (Fsp3) is 0.185. The Balaban J connectivity index is 1.55. The molecule has 0 spiro atoms. The number of aryl methyl sites for hydroxylation is 1. The molecule has 0 aliphatic carbocycles. The third kappa shape index (κ3) is 5.85. The van der Waals surface area contributed by atoms with Gasteiger partial charge in [-0.15, -0.1) is 0 Å². The van der Waals surface area contributed by atoms with Gasteiger partial charge in [-0.25, -0.2) is 17.9 Å². The summed E-state index contributed by atoms with van der Waals surface area (Å²) >= 11 is 5.83. The number of carbonyl (C=O) groups excluding carboxylic acids is 2. The number of esters is 1. The second-order valence-corrected chi connectivity index (χ2v) is 10.7. The molecule has 1 aliphatic heterocycles. The van der Waals surface area contributed by atoms with Crippen LogP contribution in [0.3, 0.4) is 0 Å². The van der Waals surface area contributed by atoms with Gasteiger partial charge in [-0.3, -0.25) is 4.79 Å². The molecule has 1 aliphatic rings. The highest BCUT2D eigenvalue weighted by Crippen LogP contribution is 2.33. The lowest BCUT2D eigenvalue weighted by atomic mass is 10.1. The van der Waals surface area contributed by atoms with Crippen molar-refractivity contribution in [2.45, 2.75) is 31.8 Å². The lowest BCUT2D eigenvalue weighted by molar-refractivity contribution is -0.136. The zero-order valence-corrected chi connectivity index (χ0v) is 22.0. The molecule has 8 nitrogen and oxygen atoms in total. The van der Waals surface area contributed by atoms with E-state index in [1.165, 1.54) is 42.4 Å². The van der Waals surface area contributed by atoms with Crippen molar-refractivity contribution in [2.75, 3.05) is 7.11 Å². The molecular weight excluding hydrogens is 516 g/mol. The van der Waals surface area contributed by atoms with Crippen LogP contribution in [0, 0.1) is 6.92 Å². The topological polar surface area (TPSA) is 106 Å². The molecule has 2 aromatic carbocycles. The molecule has 1 amide bonds. The number of furan rings is 1. The van der Waals surface area contributed by atoms with E-state index in [4.69, 9.17) is 20.8 Å². The van der Waals surface area contributed by atoms with Gasteiger partial charge < -0.3 is 14.1 Å². The molecule has 0 radical (unpaired) electrons. The Morgan fingerprint density at radius 3 is 2.38 bits per heavy atom. The summed E-state index contributed by atoms with van der Waals surface area (Å²) in [5, 5.41) is 0.428. The largest absolute Gasteiger partial charge is 0.465 e. The summed E-state index contributed by atoms with van der Waals surface area (Å²) in [5.41, 5.74) is 2.78. The molecule has 0 saturated carbocycles. The van der Waals surface area contributed by atoms with Gasteiger partial charge in [-0.05, 0) is 61.9 Å². The van der Waals surface area contributed by atoms with Gasteiger partial charge in [0, 0.05) is 10.7 Å². The number of rotatable bonds is 8. The van der Waals surface area contributed by atoms with Gasteiger partial charge >= 0.3 is 5.97 Å². The normalized spacial score (nSPS) is 15.1. The van der Waals surface area contributed by atoms with Crippen LogP contribution in [0.5, 0.6) is 0 Å². The summed E-state index contributed by atoms with van der Waals surface area (Å²) in [5.74, 6) is -0.382. The first-order chi connectivity index (χ1) is 17.6. The van der Waals surface area contributed by atoms with Gasteiger partial charge in [0.2, 0.25) is 10.0 Å². The van der Waals surface area contributed by atoms with E-state index < -0.39 is 16.0 Å². The van der Waals surface area contributed by atoms with Gasteiger partial charge in [0.05, 0.1) is 36.2 Å². The number of carbonyl (C=O) groups is 2. The SMILES string of the molecule is COC(=O)C1=C(C)N(Cc2ccc(C)cc2)C(=O)/C1=C/c1ccc(CNS(=O)(=O)c2ccc(Cl)cc2)o1. The van der Waals surface area contributed by atoms with Crippen LogP contribution in [0.2, 0.25) is 5.02 Å². The first-order valence-electron chi connectivity index (χ1n) is 11.3. The van der Waals surface area contributed by atoms with Crippen molar-refractivity contribution >= 4 is 39.6 Å². The smallest absolute Gasteiger partial charge is 0.340 e. The van der Waals surface area contributed by atoms with Crippen LogP contribution in [0.25, 0.3) is 6.08 Å². The third-order valence-electron chi connectivity index (χ3n) is 5.89. The van der Waals surface area contributed by atoms with E-state index in [1.54, 1.807) is 19.1 Å². The highest BCUT2D eigenvalue weighted by molar-refractivity contribution is 7.89. The highest BCUT2D eigenvalue weighted by atomic mass is 35.5. The van der Waals surface area contributed by atoms with Crippen molar-refractivity contribution in [1.29, 1.82) is 0 Å². The molecule has 10 heteroatoms. The van der Waals surface area contributed by atoms with Gasteiger partial charge in [0.25, 0.3) is 5.91 Å². The summed E-state index contributed by atoms with van der Waals surface area (Å²) in [7, 11) is -2.53. The van der Waals surface area contributed by atoms with E-state index in [9.17, 15) is 18.0 Å². The average Bonchev–Trinajstić information content (AvgIpc) is 3.42. The number of allylic oxidation sites excluding steroid dienone is 1. The summed E-state index contributed by atoms with van der Waals surface area (Å²) in [6.45, 7) is 3.85. The Bertz CT molecular complexity index is 1500. The van der Waals surface area contributed by atoms with Crippen molar-refractivity contribution in [3.8, 4) is 0 Å². The molecule has 2 heterocycles. The summed E-state index contributed by atoms with van der Waals surface area (Å²) in [6.07, 6.45) is 1.46. The molecule has 0 saturated heterocycles.